The third-order valence-corrected chi connectivity index (χ3v) is 7.05. The van der Waals surface area contributed by atoms with Crippen molar-refractivity contribution < 1.29 is 22.7 Å². The standard InChI is InChI=1S/C21H23NO5S/c23-20(22-15-21(9-10-21)16-4-2-1-3-5-16)8-13-28(24,25)17-6-7-18-19(14-17)27-12-11-26-18/h1-7,14H,8-13,15H2,(H,22,23). The highest BCUT2D eigenvalue weighted by atomic mass is 32.2. The molecule has 2 aromatic rings. The van der Waals surface area contributed by atoms with Crippen LogP contribution in [-0.2, 0) is 20.0 Å². The van der Waals surface area contributed by atoms with Crippen molar-refractivity contribution >= 4 is 15.7 Å². The van der Waals surface area contributed by atoms with Gasteiger partial charge in [-0.15, -0.1) is 0 Å². The van der Waals surface area contributed by atoms with E-state index in [1.807, 2.05) is 18.2 Å². The van der Waals surface area contributed by atoms with E-state index in [0.29, 0.717) is 31.3 Å². The Hall–Kier alpha value is -2.54. The Balaban J connectivity index is 1.33. The average Bonchev–Trinajstić information content (AvgIpc) is 3.52. The van der Waals surface area contributed by atoms with Gasteiger partial charge in [0, 0.05) is 24.4 Å². The average molecular weight is 401 g/mol. The maximum absolute atomic E-state index is 12.6. The van der Waals surface area contributed by atoms with Crippen LogP contribution in [0.5, 0.6) is 11.5 Å². The summed E-state index contributed by atoms with van der Waals surface area (Å²) >= 11 is 0. The highest BCUT2D eigenvalue weighted by Gasteiger charge is 2.44. The molecule has 1 amide bonds. The Morgan fingerprint density at radius 2 is 1.71 bits per heavy atom. The van der Waals surface area contributed by atoms with E-state index in [9.17, 15) is 13.2 Å². The molecule has 0 saturated heterocycles. The Morgan fingerprint density at radius 3 is 2.43 bits per heavy atom. The molecule has 1 aliphatic carbocycles. The molecule has 1 saturated carbocycles. The van der Waals surface area contributed by atoms with Crippen molar-refractivity contribution in [3.63, 3.8) is 0 Å². The Kier molecular flexibility index (Phi) is 5.02. The number of ether oxygens (including phenoxy) is 2. The monoisotopic (exact) mass is 401 g/mol. The van der Waals surface area contributed by atoms with Crippen molar-refractivity contribution in [2.24, 2.45) is 0 Å². The number of benzene rings is 2. The third kappa shape index (κ3) is 3.99. The number of amides is 1. The van der Waals surface area contributed by atoms with Crippen LogP contribution in [0.4, 0.5) is 0 Å². The van der Waals surface area contributed by atoms with Gasteiger partial charge in [-0.05, 0) is 30.5 Å². The van der Waals surface area contributed by atoms with E-state index in [2.05, 4.69) is 17.4 Å². The molecular weight excluding hydrogens is 378 g/mol. The van der Waals surface area contributed by atoms with Crippen LogP contribution in [0.15, 0.2) is 53.4 Å². The van der Waals surface area contributed by atoms with Crippen molar-refractivity contribution in [2.75, 3.05) is 25.5 Å². The maximum Gasteiger partial charge on any atom is 0.221 e. The second kappa shape index (κ2) is 7.47. The second-order valence-electron chi connectivity index (χ2n) is 7.30. The molecule has 1 N–H and O–H groups in total. The van der Waals surface area contributed by atoms with Crippen LogP contribution in [0.25, 0.3) is 0 Å². The zero-order valence-corrected chi connectivity index (χ0v) is 16.3. The van der Waals surface area contributed by atoms with Crippen LogP contribution in [-0.4, -0.2) is 39.8 Å². The van der Waals surface area contributed by atoms with Gasteiger partial charge in [-0.1, -0.05) is 30.3 Å². The molecule has 1 heterocycles. The van der Waals surface area contributed by atoms with E-state index in [0.717, 1.165) is 12.8 Å². The molecule has 1 fully saturated rings. The van der Waals surface area contributed by atoms with Crippen LogP contribution in [0.3, 0.4) is 0 Å². The first kappa shape index (κ1) is 18.8. The molecule has 2 aliphatic rings. The first-order valence-electron chi connectivity index (χ1n) is 9.43. The Morgan fingerprint density at radius 1 is 1.00 bits per heavy atom. The fourth-order valence-corrected chi connectivity index (χ4v) is 4.68. The molecule has 0 atom stereocenters. The maximum atomic E-state index is 12.6. The minimum Gasteiger partial charge on any atom is -0.486 e. The predicted octanol–water partition coefficient (Wildman–Crippen LogP) is 2.47. The molecule has 2 aromatic carbocycles. The quantitative estimate of drug-likeness (QED) is 0.771. The number of carbonyl (C=O) groups excluding carboxylic acids is 1. The van der Waals surface area contributed by atoms with E-state index in [1.54, 1.807) is 6.07 Å². The molecule has 148 valence electrons. The van der Waals surface area contributed by atoms with Crippen molar-refractivity contribution in [3.05, 3.63) is 54.1 Å². The normalized spacial score (nSPS) is 17.0. The van der Waals surface area contributed by atoms with Gasteiger partial charge in [0.05, 0.1) is 10.6 Å². The molecule has 6 nitrogen and oxygen atoms in total. The molecule has 1 aliphatic heterocycles. The van der Waals surface area contributed by atoms with Gasteiger partial charge in [-0.3, -0.25) is 4.79 Å². The van der Waals surface area contributed by atoms with E-state index in [-0.39, 0.29) is 28.4 Å². The fourth-order valence-electron chi connectivity index (χ4n) is 3.43. The van der Waals surface area contributed by atoms with Gasteiger partial charge in [0.2, 0.25) is 5.91 Å². The zero-order valence-electron chi connectivity index (χ0n) is 15.5. The summed E-state index contributed by atoms with van der Waals surface area (Å²) < 4.78 is 36.0. The first-order valence-corrected chi connectivity index (χ1v) is 11.1. The van der Waals surface area contributed by atoms with Crippen LogP contribution >= 0.6 is 0 Å². The Bertz CT molecular complexity index is 968. The van der Waals surface area contributed by atoms with Crippen molar-refractivity contribution in [2.45, 2.75) is 29.6 Å². The van der Waals surface area contributed by atoms with Crippen LogP contribution in [0.2, 0.25) is 0 Å². The summed E-state index contributed by atoms with van der Waals surface area (Å²) in [6.45, 7) is 1.38. The number of rotatable bonds is 7. The van der Waals surface area contributed by atoms with Crippen LogP contribution in [0.1, 0.15) is 24.8 Å². The SMILES string of the molecule is O=C(CCS(=O)(=O)c1ccc2c(c1)OCCO2)NCC1(c2ccccc2)CC1. The first-order chi connectivity index (χ1) is 13.5. The molecule has 0 spiro atoms. The second-order valence-corrected chi connectivity index (χ2v) is 9.41. The largest absolute Gasteiger partial charge is 0.486 e. The summed E-state index contributed by atoms with van der Waals surface area (Å²) in [5, 5.41) is 2.91. The summed E-state index contributed by atoms with van der Waals surface area (Å²) in [7, 11) is -3.58. The topological polar surface area (TPSA) is 81.7 Å². The van der Waals surface area contributed by atoms with E-state index >= 15 is 0 Å². The number of carbonyl (C=O) groups is 1. The zero-order chi connectivity index (χ0) is 19.6. The number of fused-ring (bicyclic) bond motifs is 1. The predicted molar refractivity (Wildman–Crippen MR) is 104 cm³/mol. The molecule has 0 unspecified atom stereocenters. The van der Waals surface area contributed by atoms with Gasteiger partial charge in [0.1, 0.15) is 13.2 Å². The highest BCUT2D eigenvalue weighted by molar-refractivity contribution is 7.91. The number of hydrogen-bond donors (Lipinski definition) is 1. The molecule has 0 bridgehead atoms. The molecule has 7 heteroatoms. The molecular formula is C21H23NO5S. The number of nitrogens with one attached hydrogen (secondary N) is 1. The lowest BCUT2D eigenvalue weighted by Crippen LogP contribution is -2.33. The van der Waals surface area contributed by atoms with Crippen molar-refractivity contribution in [1.29, 1.82) is 0 Å². The van der Waals surface area contributed by atoms with Crippen LogP contribution in [0, 0.1) is 0 Å². The molecule has 0 aromatic heterocycles. The highest BCUT2D eigenvalue weighted by Crippen LogP contribution is 2.47. The minimum atomic E-state index is -3.58. The smallest absolute Gasteiger partial charge is 0.221 e. The van der Waals surface area contributed by atoms with Crippen LogP contribution < -0.4 is 14.8 Å². The lowest BCUT2D eigenvalue weighted by Gasteiger charge is -2.19. The van der Waals surface area contributed by atoms with E-state index in [4.69, 9.17) is 9.47 Å². The molecule has 0 radical (unpaired) electrons. The lowest BCUT2D eigenvalue weighted by molar-refractivity contribution is -0.120. The van der Waals surface area contributed by atoms with Gasteiger partial charge in [-0.2, -0.15) is 0 Å². The minimum absolute atomic E-state index is 0.00558. The van der Waals surface area contributed by atoms with Crippen molar-refractivity contribution in [3.8, 4) is 11.5 Å². The van der Waals surface area contributed by atoms with E-state index in [1.165, 1.54) is 17.7 Å². The fraction of sp³-hybridized carbons (Fsp3) is 0.381. The summed E-state index contributed by atoms with van der Waals surface area (Å²) in [6, 6.07) is 14.7. The van der Waals surface area contributed by atoms with Gasteiger partial charge in [0.15, 0.2) is 21.3 Å². The Labute approximate surface area is 164 Å². The summed E-state index contributed by atoms with van der Waals surface area (Å²) in [5.74, 6) is 0.480. The van der Waals surface area contributed by atoms with Gasteiger partial charge in [0.25, 0.3) is 0 Å². The summed E-state index contributed by atoms with van der Waals surface area (Å²) in [6.07, 6.45) is 2.00. The number of sulfone groups is 1. The summed E-state index contributed by atoms with van der Waals surface area (Å²) in [5.41, 5.74) is 1.23. The number of hydrogen-bond acceptors (Lipinski definition) is 5. The van der Waals surface area contributed by atoms with Gasteiger partial charge < -0.3 is 14.8 Å². The van der Waals surface area contributed by atoms with Gasteiger partial charge in [-0.25, -0.2) is 8.42 Å². The van der Waals surface area contributed by atoms with Gasteiger partial charge >= 0.3 is 0 Å². The van der Waals surface area contributed by atoms with Crippen molar-refractivity contribution in [1.82, 2.24) is 5.32 Å². The lowest BCUT2D eigenvalue weighted by atomic mass is 9.96. The third-order valence-electron chi connectivity index (χ3n) is 5.33. The molecule has 28 heavy (non-hydrogen) atoms. The summed E-state index contributed by atoms with van der Waals surface area (Å²) in [4.78, 5) is 12.4. The van der Waals surface area contributed by atoms with E-state index < -0.39 is 9.84 Å². The molecule has 4 rings (SSSR count).